The van der Waals surface area contributed by atoms with Crippen LogP contribution in [-0.4, -0.2) is 35.1 Å². The van der Waals surface area contributed by atoms with Crippen molar-refractivity contribution in [2.75, 3.05) is 11.5 Å². The summed E-state index contributed by atoms with van der Waals surface area (Å²) in [5, 5.41) is 10.7. The molecule has 6 unspecified atom stereocenters. The third-order valence-electron chi connectivity index (χ3n) is 7.74. The van der Waals surface area contributed by atoms with Crippen LogP contribution in [0.1, 0.15) is 27.1 Å². The van der Waals surface area contributed by atoms with Gasteiger partial charge in [0.25, 0.3) is 5.69 Å². The third kappa shape index (κ3) is 3.30. The number of non-ortho nitro benzene ring substituents is 1. The largest absolute Gasteiger partial charge is 0.454 e. The molecule has 7 rings (SSSR count). The van der Waals surface area contributed by atoms with Crippen LogP contribution >= 0.6 is 0 Å². The summed E-state index contributed by atoms with van der Waals surface area (Å²) in [6.07, 6.45) is 5.28. The van der Waals surface area contributed by atoms with E-state index in [1.54, 1.807) is 12.1 Å². The van der Waals surface area contributed by atoms with Gasteiger partial charge in [-0.1, -0.05) is 18.2 Å². The lowest BCUT2D eigenvalue weighted by Crippen LogP contribution is -2.40. The minimum absolute atomic E-state index is 0.107. The van der Waals surface area contributed by atoms with Crippen LogP contribution in [0.25, 0.3) is 0 Å². The molecular formula is C26H20N2O7. The Bertz CT molecular complexity index is 1300. The number of benzene rings is 2. The lowest BCUT2D eigenvalue weighted by Gasteiger charge is -2.37. The molecule has 2 aromatic rings. The Morgan fingerprint density at radius 2 is 1.57 bits per heavy atom. The molecule has 2 saturated carbocycles. The van der Waals surface area contributed by atoms with E-state index in [0.29, 0.717) is 17.5 Å². The van der Waals surface area contributed by atoms with Crippen molar-refractivity contribution in [3.05, 3.63) is 81.9 Å². The van der Waals surface area contributed by atoms with Crippen LogP contribution in [0.15, 0.2) is 60.7 Å². The first-order chi connectivity index (χ1) is 16.8. The molecule has 4 aliphatic carbocycles. The summed E-state index contributed by atoms with van der Waals surface area (Å²) in [6.45, 7) is -0.551. The van der Waals surface area contributed by atoms with E-state index in [1.807, 2.05) is 0 Å². The molecule has 0 spiro atoms. The molecule has 2 bridgehead atoms. The van der Waals surface area contributed by atoms with Gasteiger partial charge in [0, 0.05) is 17.7 Å². The molecule has 2 amide bonds. The Hall–Kier alpha value is -4.14. The molecule has 0 aromatic heterocycles. The number of hydrogen-bond donors (Lipinski definition) is 0. The normalized spacial score (nSPS) is 29.5. The van der Waals surface area contributed by atoms with Crippen molar-refractivity contribution in [1.82, 2.24) is 0 Å². The maximum atomic E-state index is 13.3. The van der Waals surface area contributed by atoms with Gasteiger partial charge in [-0.3, -0.25) is 24.5 Å². The quantitative estimate of drug-likeness (QED) is 0.158. The molecule has 5 aliphatic rings. The van der Waals surface area contributed by atoms with E-state index in [-0.39, 0.29) is 52.3 Å². The number of esters is 1. The number of hydrogen-bond acceptors (Lipinski definition) is 7. The van der Waals surface area contributed by atoms with Crippen LogP contribution in [0.5, 0.6) is 0 Å². The van der Waals surface area contributed by atoms with Crippen LogP contribution in [0.3, 0.4) is 0 Å². The summed E-state index contributed by atoms with van der Waals surface area (Å²) in [4.78, 5) is 62.9. The molecule has 0 radical (unpaired) electrons. The lowest BCUT2D eigenvalue weighted by molar-refractivity contribution is -0.384. The third-order valence-corrected chi connectivity index (χ3v) is 7.74. The Balaban J connectivity index is 1.16. The SMILES string of the molecule is O=C(COC(=O)c1cccc(N2C(=O)C3C4C=CC(C5CC45)C3C2=O)c1)c1ccc([N+](=O)[O-])cc1. The zero-order valence-corrected chi connectivity index (χ0v) is 18.4. The molecule has 176 valence electrons. The first-order valence-corrected chi connectivity index (χ1v) is 11.5. The van der Waals surface area contributed by atoms with Crippen LogP contribution in [0, 0.1) is 45.6 Å². The minimum Gasteiger partial charge on any atom is -0.454 e. The fourth-order valence-corrected chi connectivity index (χ4v) is 6.05. The number of allylic oxidation sites excluding steroid dienone is 2. The van der Waals surface area contributed by atoms with Crippen molar-refractivity contribution in [2.24, 2.45) is 35.5 Å². The number of anilines is 1. The number of amides is 2. The lowest BCUT2D eigenvalue weighted by atomic mass is 9.63. The Morgan fingerprint density at radius 1 is 0.943 bits per heavy atom. The van der Waals surface area contributed by atoms with Crippen LogP contribution in [0.2, 0.25) is 0 Å². The zero-order valence-electron chi connectivity index (χ0n) is 18.4. The maximum absolute atomic E-state index is 13.3. The van der Waals surface area contributed by atoms with E-state index < -0.39 is 23.3 Å². The van der Waals surface area contributed by atoms with Gasteiger partial charge in [0.15, 0.2) is 12.4 Å². The summed E-state index contributed by atoms with van der Waals surface area (Å²) < 4.78 is 5.13. The average molecular weight is 472 g/mol. The summed E-state index contributed by atoms with van der Waals surface area (Å²) >= 11 is 0. The van der Waals surface area contributed by atoms with Crippen molar-refractivity contribution in [3.63, 3.8) is 0 Å². The molecular weight excluding hydrogens is 452 g/mol. The van der Waals surface area contributed by atoms with E-state index in [4.69, 9.17) is 4.74 Å². The fourth-order valence-electron chi connectivity index (χ4n) is 6.05. The van der Waals surface area contributed by atoms with E-state index in [2.05, 4.69) is 12.2 Å². The minimum atomic E-state index is -0.776. The van der Waals surface area contributed by atoms with Gasteiger partial charge in [-0.25, -0.2) is 9.69 Å². The number of Topliss-reactive ketones (excluding diaryl/α,β-unsaturated/α-hetero) is 1. The highest BCUT2D eigenvalue weighted by molar-refractivity contribution is 6.23. The predicted molar refractivity (Wildman–Crippen MR) is 121 cm³/mol. The predicted octanol–water partition coefficient (Wildman–Crippen LogP) is 3.19. The molecule has 2 aromatic carbocycles. The molecule has 1 heterocycles. The van der Waals surface area contributed by atoms with Crippen molar-refractivity contribution in [1.29, 1.82) is 0 Å². The first-order valence-electron chi connectivity index (χ1n) is 11.5. The van der Waals surface area contributed by atoms with Gasteiger partial charge in [0.1, 0.15) is 0 Å². The van der Waals surface area contributed by atoms with E-state index in [9.17, 15) is 29.3 Å². The maximum Gasteiger partial charge on any atom is 0.338 e. The zero-order chi connectivity index (χ0) is 24.4. The van der Waals surface area contributed by atoms with Crippen molar-refractivity contribution in [3.8, 4) is 0 Å². The topological polar surface area (TPSA) is 124 Å². The highest BCUT2D eigenvalue weighted by Crippen LogP contribution is 2.65. The summed E-state index contributed by atoms with van der Waals surface area (Å²) in [7, 11) is 0. The van der Waals surface area contributed by atoms with Crippen molar-refractivity contribution in [2.45, 2.75) is 6.42 Å². The molecule has 3 fully saturated rings. The number of ketones is 1. The van der Waals surface area contributed by atoms with E-state index in [1.165, 1.54) is 41.3 Å². The van der Waals surface area contributed by atoms with Gasteiger partial charge < -0.3 is 4.74 Å². The van der Waals surface area contributed by atoms with Gasteiger partial charge in [-0.2, -0.15) is 0 Å². The fraction of sp³-hybridized carbons (Fsp3) is 0.308. The second-order valence-corrected chi connectivity index (χ2v) is 9.52. The van der Waals surface area contributed by atoms with Crippen molar-refractivity contribution >= 4 is 34.9 Å². The molecule has 9 heteroatoms. The number of carbonyl (C=O) groups excluding carboxylic acids is 4. The Morgan fingerprint density at radius 3 is 2.17 bits per heavy atom. The molecule has 35 heavy (non-hydrogen) atoms. The first kappa shape index (κ1) is 21.4. The van der Waals surface area contributed by atoms with Crippen LogP contribution in [0.4, 0.5) is 11.4 Å². The Labute approximate surface area is 199 Å². The highest BCUT2D eigenvalue weighted by Gasteiger charge is 2.67. The van der Waals surface area contributed by atoms with Gasteiger partial charge in [-0.05, 0) is 60.4 Å². The molecule has 6 atom stereocenters. The van der Waals surface area contributed by atoms with Gasteiger partial charge in [0.2, 0.25) is 11.8 Å². The number of nitro groups is 1. The smallest absolute Gasteiger partial charge is 0.338 e. The second-order valence-electron chi connectivity index (χ2n) is 9.52. The van der Waals surface area contributed by atoms with Gasteiger partial charge in [0.05, 0.1) is 28.0 Å². The molecule has 9 nitrogen and oxygen atoms in total. The summed E-state index contributed by atoms with van der Waals surface area (Å²) in [6, 6.07) is 11.1. The molecule has 1 saturated heterocycles. The number of imide groups is 1. The second kappa shape index (κ2) is 7.69. The number of nitro benzene ring substituents is 1. The number of carbonyl (C=O) groups is 4. The summed E-state index contributed by atoms with van der Waals surface area (Å²) in [5.74, 6) is -1.19. The van der Waals surface area contributed by atoms with Crippen LogP contribution in [-0.2, 0) is 14.3 Å². The molecule has 0 N–H and O–H groups in total. The standard InChI is InChI=1S/C26H20N2O7/c29-21(13-4-6-15(7-5-13)28(33)34)12-35-26(32)14-2-1-3-16(10-14)27-24(30)22-17-8-9-18(20-11-19(17)20)23(22)25(27)31/h1-10,17-20,22-23H,11-12H2. The average Bonchev–Trinajstić information content (AvgIpc) is 3.65. The van der Waals surface area contributed by atoms with Gasteiger partial charge in [-0.15, -0.1) is 0 Å². The number of nitrogens with zero attached hydrogens (tertiary/aromatic N) is 2. The van der Waals surface area contributed by atoms with E-state index in [0.717, 1.165) is 6.42 Å². The molecule has 1 aliphatic heterocycles. The van der Waals surface area contributed by atoms with Crippen molar-refractivity contribution < 1.29 is 28.8 Å². The van der Waals surface area contributed by atoms with E-state index >= 15 is 0 Å². The highest BCUT2D eigenvalue weighted by atomic mass is 16.6. The Kier molecular flexibility index (Phi) is 4.70. The van der Waals surface area contributed by atoms with Gasteiger partial charge >= 0.3 is 5.97 Å². The van der Waals surface area contributed by atoms with Crippen LogP contribution < -0.4 is 4.90 Å². The number of ether oxygens (including phenoxy) is 1. The monoisotopic (exact) mass is 472 g/mol. The number of rotatable bonds is 6. The summed E-state index contributed by atoms with van der Waals surface area (Å²) in [5.41, 5.74) is 0.452.